The second-order valence-corrected chi connectivity index (χ2v) is 8.85. The van der Waals surface area contributed by atoms with Crippen molar-refractivity contribution in [2.75, 3.05) is 49.5 Å². The molecule has 0 aliphatic carbocycles. The van der Waals surface area contributed by atoms with Crippen LogP contribution in [0.5, 0.6) is 0 Å². The van der Waals surface area contributed by atoms with Crippen molar-refractivity contribution in [2.45, 2.75) is 19.5 Å². The van der Waals surface area contributed by atoms with Gasteiger partial charge in [0.25, 0.3) is 5.91 Å². The van der Waals surface area contributed by atoms with Gasteiger partial charge in [0.05, 0.1) is 17.8 Å². The van der Waals surface area contributed by atoms with E-state index in [0.29, 0.717) is 61.2 Å². The molecule has 1 fully saturated rings. The zero-order valence-electron chi connectivity index (χ0n) is 20.9. The van der Waals surface area contributed by atoms with Crippen LogP contribution in [0.2, 0.25) is 5.02 Å². The molecule has 10 nitrogen and oxygen atoms in total. The molecule has 2 aromatic rings. The van der Waals surface area contributed by atoms with Crippen molar-refractivity contribution in [3.8, 4) is 0 Å². The molecule has 1 saturated heterocycles. The number of hydrogen-bond acceptors (Lipinski definition) is 6. The van der Waals surface area contributed by atoms with Gasteiger partial charge in [0.2, 0.25) is 5.91 Å². The average molecular weight is 573 g/mol. The lowest BCUT2D eigenvalue weighted by molar-refractivity contribution is -0.192. The summed E-state index contributed by atoms with van der Waals surface area (Å²) in [4.78, 5) is 49.2. The van der Waals surface area contributed by atoms with E-state index in [1.807, 2.05) is 11.8 Å². The molecule has 0 spiro atoms. The van der Waals surface area contributed by atoms with Gasteiger partial charge in [0.1, 0.15) is 0 Å². The number of carboxylic acids is 2. The van der Waals surface area contributed by atoms with Crippen LogP contribution in [0, 0.1) is 0 Å². The molecule has 3 rings (SSSR count). The molecule has 0 atom stereocenters. The van der Waals surface area contributed by atoms with Gasteiger partial charge in [0, 0.05) is 49.0 Å². The first-order chi connectivity index (χ1) is 18.3. The summed E-state index contributed by atoms with van der Waals surface area (Å²) in [7, 11) is 0. The molecule has 1 aliphatic heterocycles. The molecule has 1 aliphatic rings. The van der Waals surface area contributed by atoms with Crippen molar-refractivity contribution >= 4 is 46.7 Å². The van der Waals surface area contributed by atoms with Crippen LogP contribution < -0.4 is 15.5 Å². The predicted molar refractivity (Wildman–Crippen MR) is 138 cm³/mol. The molecule has 14 heteroatoms. The van der Waals surface area contributed by atoms with E-state index in [4.69, 9.17) is 21.5 Å². The Morgan fingerprint density at radius 3 is 2.18 bits per heavy atom. The first-order valence-electron chi connectivity index (χ1n) is 11.8. The lowest BCUT2D eigenvalue weighted by atomic mass is 10.1. The Morgan fingerprint density at radius 2 is 1.64 bits per heavy atom. The smallest absolute Gasteiger partial charge is 0.478 e. The quantitative estimate of drug-likeness (QED) is 0.376. The Morgan fingerprint density at radius 1 is 1.00 bits per heavy atom. The van der Waals surface area contributed by atoms with Crippen molar-refractivity contribution in [3.63, 3.8) is 0 Å². The van der Waals surface area contributed by atoms with E-state index in [0.717, 1.165) is 6.42 Å². The van der Waals surface area contributed by atoms with Crippen LogP contribution in [0.1, 0.15) is 34.1 Å². The zero-order valence-corrected chi connectivity index (χ0v) is 21.7. The third-order valence-corrected chi connectivity index (χ3v) is 5.70. The van der Waals surface area contributed by atoms with Gasteiger partial charge in [-0.25, -0.2) is 9.59 Å². The fraction of sp³-hybridized carbons (Fsp3) is 0.360. The summed E-state index contributed by atoms with van der Waals surface area (Å²) in [6.07, 6.45) is -4.19. The molecule has 1 heterocycles. The monoisotopic (exact) mass is 572 g/mol. The predicted octanol–water partition coefficient (Wildman–Crippen LogP) is 3.57. The topological polar surface area (TPSA) is 139 Å². The molecule has 0 unspecified atom stereocenters. The maximum absolute atomic E-state index is 12.5. The van der Waals surface area contributed by atoms with E-state index in [-0.39, 0.29) is 17.4 Å². The van der Waals surface area contributed by atoms with Crippen LogP contribution in [-0.4, -0.2) is 84.3 Å². The van der Waals surface area contributed by atoms with Gasteiger partial charge in [-0.05, 0) is 42.8 Å². The second-order valence-electron chi connectivity index (χ2n) is 8.42. The Labute approximate surface area is 227 Å². The number of nitrogens with zero attached hydrogens (tertiary/aromatic N) is 2. The minimum absolute atomic E-state index is 0.00585. The molecule has 2 amide bonds. The number of amides is 2. The average Bonchev–Trinajstić information content (AvgIpc) is 2.87. The number of carbonyl (C=O) groups is 4. The molecule has 39 heavy (non-hydrogen) atoms. The van der Waals surface area contributed by atoms with E-state index in [1.54, 1.807) is 36.4 Å². The summed E-state index contributed by atoms with van der Waals surface area (Å²) in [5.41, 5.74) is 1.48. The molecular formula is C25H28ClF3N4O6. The van der Waals surface area contributed by atoms with Crippen LogP contribution >= 0.6 is 11.6 Å². The number of benzene rings is 2. The highest BCUT2D eigenvalue weighted by atomic mass is 35.5. The van der Waals surface area contributed by atoms with E-state index in [9.17, 15) is 32.7 Å². The maximum Gasteiger partial charge on any atom is 0.490 e. The Kier molecular flexibility index (Phi) is 11.5. The van der Waals surface area contributed by atoms with Gasteiger partial charge in [-0.3, -0.25) is 14.5 Å². The number of piperazine rings is 1. The van der Waals surface area contributed by atoms with Gasteiger partial charge < -0.3 is 25.7 Å². The number of hydrogen-bond donors (Lipinski definition) is 4. The highest BCUT2D eigenvalue weighted by molar-refractivity contribution is 6.31. The van der Waals surface area contributed by atoms with Crippen molar-refractivity contribution in [3.05, 3.63) is 58.6 Å². The largest absolute Gasteiger partial charge is 0.490 e. The zero-order chi connectivity index (χ0) is 29.2. The van der Waals surface area contributed by atoms with Crippen LogP contribution in [-0.2, 0) is 9.59 Å². The number of aromatic carboxylic acids is 1. The summed E-state index contributed by atoms with van der Waals surface area (Å²) in [5.74, 6) is -4.19. The summed E-state index contributed by atoms with van der Waals surface area (Å²) < 4.78 is 31.7. The number of aliphatic carboxylic acids is 1. The molecule has 0 radical (unpaired) electrons. The molecule has 0 bridgehead atoms. The first-order valence-corrected chi connectivity index (χ1v) is 12.2. The lowest BCUT2D eigenvalue weighted by Gasteiger charge is -2.36. The summed E-state index contributed by atoms with van der Waals surface area (Å²) in [6.45, 7) is 5.55. The highest BCUT2D eigenvalue weighted by Gasteiger charge is 2.38. The van der Waals surface area contributed by atoms with Crippen molar-refractivity contribution in [1.82, 2.24) is 10.2 Å². The second kappa shape index (κ2) is 14.4. The van der Waals surface area contributed by atoms with Gasteiger partial charge in [-0.1, -0.05) is 24.6 Å². The van der Waals surface area contributed by atoms with E-state index < -0.39 is 18.1 Å². The summed E-state index contributed by atoms with van der Waals surface area (Å²) in [6, 6.07) is 11.4. The normalized spacial score (nSPS) is 13.6. The van der Waals surface area contributed by atoms with Crippen molar-refractivity contribution < 1.29 is 42.6 Å². The fourth-order valence-electron chi connectivity index (χ4n) is 3.56. The van der Waals surface area contributed by atoms with Gasteiger partial charge >= 0.3 is 18.1 Å². The molecule has 212 valence electrons. The third kappa shape index (κ3) is 10.1. The van der Waals surface area contributed by atoms with E-state index in [1.165, 1.54) is 6.07 Å². The molecular weight excluding hydrogens is 545 g/mol. The van der Waals surface area contributed by atoms with Crippen LogP contribution in [0.15, 0.2) is 42.5 Å². The van der Waals surface area contributed by atoms with Gasteiger partial charge in [-0.15, -0.1) is 0 Å². The first kappa shape index (κ1) is 31.4. The third-order valence-electron chi connectivity index (χ3n) is 5.47. The Bertz CT molecular complexity index is 1190. The number of anilines is 2. The molecule has 4 N–H and O–H groups in total. The van der Waals surface area contributed by atoms with Crippen LogP contribution in [0.4, 0.5) is 24.5 Å². The summed E-state index contributed by atoms with van der Waals surface area (Å²) in [5, 5.41) is 22.9. The fourth-order valence-corrected chi connectivity index (χ4v) is 3.75. The standard InChI is InChI=1S/C23H27ClN4O4.C2HF3O2/c1-2-8-25-21(29)15-27-9-11-28(12-10-27)20-7-6-18(14-19(20)23(31)32)26-22(30)16-4-3-5-17(24)13-16;3-2(4,5)1(6)7/h3-7,13-14H,2,8-12,15H2,1H3,(H,25,29)(H,26,30)(H,31,32);(H,6,7). The molecule has 2 aromatic carbocycles. The minimum Gasteiger partial charge on any atom is -0.478 e. The Hall–Kier alpha value is -3.84. The highest BCUT2D eigenvalue weighted by Crippen LogP contribution is 2.26. The number of alkyl halides is 3. The number of halogens is 4. The van der Waals surface area contributed by atoms with Gasteiger partial charge in [-0.2, -0.15) is 13.2 Å². The minimum atomic E-state index is -5.08. The van der Waals surface area contributed by atoms with Crippen LogP contribution in [0.25, 0.3) is 0 Å². The summed E-state index contributed by atoms with van der Waals surface area (Å²) >= 11 is 5.94. The number of nitrogens with one attached hydrogen (secondary N) is 2. The number of carboxylic acid groups (broad SMARTS) is 2. The Balaban J connectivity index is 0.000000673. The number of carbonyl (C=O) groups excluding carboxylic acids is 2. The van der Waals surface area contributed by atoms with Gasteiger partial charge in [0.15, 0.2) is 0 Å². The van der Waals surface area contributed by atoms with Crippen molar-refractivity contribution in [1.29, 1.82) is 0 Å². The van der Waals surface area contributed by atoms with E-state index in [2.05, 4.69) is 15.5 Å². The van der Waals surface area contributed by atoms with Crippen LogP contribution in [0.3, 0.4) is 0 Å². The molecule has 0 aromatic heterocycles. The van der Waals surface area contributed by atoms with E-state index >= 15 is 0 Å². The lowest BCUT2D eigenvalue weighted by Crippen LogP contribution is -2.49. The molecule has 0 saturated carbocycles. The number of rotatable bonds is 8. The maximum atomic E-state index is 12.5. The SMILES string of the molecule is CCCNC(=O)CN1CCN(c2ccc(NC(=O)c3cccc(Cl)c3)cc2C(=O)O)CC1.O=C(O)C(F)(F)F. The van der Waals surface area contributed by atoms with Crippen molar-refractivity contribution in [2.24, 2.45) is 0 Å².